The van der Waals surface area contributed by atoms with Crippen LogP contribution in [0.25, 0.3) is 6.08 Å². The van der Waals surface area contributed by atoms with Crippen molar-refractivity contribution in [2.75, 3.05) is 13.2 Å². The van der Waals surface area contributed by atoms with Gasteiger partial charge in [-0.25, -0.2) is 4.79 Å². The van der Waals surface area contributed by atoms with E-state index in [1.807, 2.05) is 36.4 Å². The second-order valence-electron chi connectivity index (χ2n) is 14.2. The number of epoxide rings is 1. The van der Waals surface area contributed by atoms with Gasteiger partial charge in [0.1, 0.15) is 18.3 Å². The Morgan fingerprint density at radius 2 is 1.69 bits per heavy atom. The molecule has 3 aromatic rings. The molecule has 3 aromatic carbocycles. The molecule has 6 atom stereocenters. The van der Waals surface area contributed by atoms with Crippen molar-refractivity contribution < 1.29 is 38.4 Å². The molecule has 5 aliphatic rings. The first-order valence-corrected chi connectivity index (χ1v) is 17.9. The van der Waals surface area contributed by atoms with Gasteiger partial charge in [-0.3, -0.25) is 9.59 Å². The van der Waals surface area contributed by atoms with Gasteiger partial charge in [-0.15, -0.1) is 0 Å². The summed E-state index contributed by atoms with van der Waals surface area (Å²) in [6.07, 6.45) is 9.53. The largest absolute Gasteiger partial charge is 0.456 e. The minimum Gasteiger partial charge on any atom is -0.456 e. The van der Waals surface area contributed by atoms with Crippen LogP contribution < -0.4 is 10.6 Å². The van der Waals surface area contributed by atoms with E-state index in [0.717, 1.165) is 41.5 Å². The third-order valence-corrected chi connectivity index (χ3v) is 10.5. The van der Waals surface area contributed by atoms with Crippen LogP contribution in [-0.4, -0.2) is 72.3 Å². The number of nitrogens with one attached hydrogen (secondary N) is 2. The molecule has 1 spiro atoms. The van der Waals surface area contributed by atoms with Gasteiger partial charge in [-0.1, -0.05) is 60.7 Å². The molecule has 6 unspecified atom stereocenters. The molecule has 8 rings (SSSR count). The zero-order valence-corrected chi connectivity index (χ0v) is 28.3. The average Bonchev–Trinajstić information content (AvgIpc) is 3.71. The van der Waals surface area contributed by atoms with Crippen LogP contribution in [-0.2, 0) is 43.1 Å². The summed E-state index contributed by atoms with van der Waals surface area (Å²) in [6, 6.07) is 22.5. The highest BCUT2D eigenvalue weighted by molar-refractivity contribution is 5.95. The minimum absolute atomic E-state index is 0.153. The number of fused-ring (bicyclic) bond motifs is 3. The Morgan fingerprint density at radius 1 is 0.882 bits per heavy atom. The van der Waals surface area contributed by atoms with Gasteiger partial charge in [-0.05, 0) is 77.8 Å². The third-order valence-electron chi connectivity index (χ3n) is 10.5. The highest BCUT2D eigenvalue weighted by atomic mass is 16.8. The molecule has 2 heterocycles. The maximum absolute atomic E-state index is 13.7. The maximum atomic E-state index is 13.7. The Kier molecular flexibility index (Phi) is 9.33. The van der Waals surface area contributed by atoms with Crippen LogP contribution in [0.1, 0.15) is 68.7 Å². The lowest BCUT2D eigenvalue weighted by molar-refractivity contribution is -0.172. The first-order valence-electron chi connectivity index (χ1n) is 17.9. The second kappa shape index (κ2) is 14.2. The third kappa shape index (κ3) is 7.41. The predicted molar refractivity (Wildman–Crippen MR) is 187 cm³/mol. The van der Waals surface area contributed by atoms with Crippen LogP contribution in [0, 0.1) is 5.92 Å². The molecule has 264 valence electrons. The highest BCUT2D eigenvalue weighted by Crippen LogP contribution is 2.45. The Balaban J connectivity index is 0.976. The number of rotatable bonds is 10. The molecule has 0 aromatic heterocycles. The van der Waals surface area contributed by atoms with Crippen molar-refractivity contribution in [1.29, 1.82) is 0 Å². The number of ether oxygens (including phenoxy) is 4. The standard InChI is InChI=1S/C41H42N2O8/c44-16-15-42-38(45)28-9-4-6-27(18-28)24-43-39(46)32-20-35(37-36(21-32)50-41(51-37)22-30-7-1-2-8-31(30)23-41)49-40(47)29-10-3-5-25(17-29)11-12-26-13-14-33-34(19-26)48-33/h1-12,17-18,21,26,33-37,44H,13-16,19-20,22-24H2,(H,42,45)(H,43,46). The summed E-state index contributed by atoms with van der Waals surface area (Å²) in [5.41, 5.74) is 5.26. The lowest BCUT2D eigenvalue weighted by Gasteiger charge is -2.30. The Morgan fingerprint density at radius 3 is 2.49 bits per heavy atom. The predicted octanol–water partition coefficient (Wildman–Crippen LogP) is 4.44. The molecule has 3 N–H and O–H groups in total. The average molecular weight is 691 g/mol. The molecule has 10 heteroatoms. The van der Waals surface area contributed by atoms with Crippen LogP contribution in [0.4, 0.5) is 0 Å². The number of hydrogen-bond acceptors (Lipinski definition) is 8. The van der Waals surface area contributed by atoms with E-state index in [4.69, 9.17) is 24.1 Å². The van der Waals surface area contributed by atoms with Gasteiger partial charge in [0.15, 0.2) is 5.79 Å². The lowest BCUT2D eigenvalue weighted by atomic mass is 9.88. The van der Waals surface area contributed by atoms with Gasteiger partial charge in [0.05, 0.1) is 24.4 Å². The number of hydrogen-bond donors (Lipinski definition) is 3. The number of benzene rings is 3. The molecular weight excluding hydrogens is 648 g/mol. The van der Waals surface area contributed by atoms with E-state index >= 15 is 0 Å². The molecule has 2 aliphatic heterocycles. The number of carbonyl (C=O) groups is 3. The molecule has 3 fully saturated rings. The zero-order valence-electron chi connectivity index (χ0n) is 28.3. The van der Waals surface area contributed by atoms with Gasteiger partial charge in [0, 0.05) is 43.5 Å². The van der Waals surface area contributed by atoms with Gasteiger partial charge >= 0.3 is 5.97 Å². The van der Waals surface area contributed by atoms with E-state index < -0.39 is 30.1 Å². The van der Waals surface area contributed by atoms with Crippen molar-refractivity contribution in [3.63, 3.8) is 0 Å². The number of aliphatic hydroxyl groups is 1. The first kappa shape index (κ1) is 33.5. The fourth-order valence-corrected chi connectivity index (χ4v) is 7.88. The molecule has 0 bridgehead atoms. The molecule has 0 radical (unpaired) electrons. The van der Waals surface area contributed by atoms with Crippen molar-refractivity contribution in [2.24, 2.45) is 5.92 Å². The fourth-order valence-electron chi connectivity index (χ4n) is 7.88. The van der Waals surface area contributed by atoms with Crippen molar-refractivity contribution in [3.8, 4) is 0 Å². The number of aliphatic hydroxyl groups excluding tert-OH is 1. The van der Waals surface area contributed by atoms with Crippen molar-refractivity contribution in [1.82, 2.24) is 10.6 Å². The lowest BCUT2D eigenvalue weighted by Crippen LogP contribution is -2.43. The number of amides is 2. The summed E-state index contributed by atoms with van der Waals surface area (Å²) < 4.78 is 25.1. The summed E-state index contributed by atoms with van der Waals surface area (Å²) in [6.45, 7) is 0.182. The normalized spacial score (nSPS) is 26.9. The van der Waals surface area contributed by atoms with E-state index in [1.165, 1.54) is 0 Å². The molecule has 10 nitrogen and oxygen atoms in total. The maximum Gasteiger partial charge on any atom is 0.338 e. The Bertz CT molecular complexity index is 1860. The molecule has 2 amide bonds. The van der Waals surface area contributed by atoms with Crippen molar-refractivity contribution in [2.45, 2.75) is 81.4 Å². The van der Waals surface area contributed by atoms with E-state index in [9.17, 15) is 14.4 Å². The van der Waals surface area contributed by atoms with Crippen LogP contribution in [0.15, 0.2) is 90.5 Å². The van der Waals surface area contributed by atoms with Crippen LogP contribution in [0.2, 0.25) is 0 Å². The first-order chi connectivity index (χ1) is 24.8. The number of allylic oxidation sites excluding steroid dienone is 1. The molecule has 51 heavy (non-hydrogen) atoms. The van der Waals surface area contributed by atoms with E-state index in [2.05, 4.69) is 34.9 Å². The molecule has 1 saturated carbocycles. The van der Waals surface area contributed by atoms with Gasteiger partial charge in [0.25, 0.3) is 5.91 Å². The summed E-state index contributed by atoms with van der Waals surface area (Å²) >= 11 is 0. The fraction of sp³-hybridized carbons (Fsp3) is 0.390. The van der Waals surface area contributed by atoms with Crippen LogP contribution in [0.5, 0.6) is 0 Å². The van der Waals surface area contributed by atoms with Gasteiger partial charge in [0.2, 0.25) is 5.91 Å². The topological polar surface area (TPSA) is 136 Å². The summed E-state index contributed by atoms with van der Waals surface area (Å²) in [4.78, 5) is 39.7. The van der Waals surface area contributed by atoms with E-state index in [-0.39, 0.29) is 37.9 Å². The minimum atomic E-state index is -0.904. The van der Waals surface area contributed by atoms with E-state index in [1.54, 1.807) is 30.3 Å². The smallest absolute Gasteiger partial charge is 0.338 e. The van der Waals surface area contributed by atoms with Crippen molar-refractivity contribution in [3.05, 3.63) is 124 Å². The highest BCUT2D eigenvalue weighted by Gasteiger charge is 2.55. The second-order valence-corrected chi connectivity index (χ2v) is 14.2. The quantitative estimate of drug-likeness (QED) is 0.210. The van der Waals surface area contributed by atoms with Crippen LogP contribution >= 0.6 is 0 Å². The SMILES string of the molecule is O=C(NCc1cccc(C(=O)NCCO)c1)C1=CC2OC3(Cc4ccccc4C3)OC2C(OC(=O)c2cccc(C=CC3CCC4OC4C3)c2)C1. The Hall–Kier alpha value is -4.61. The monoisotopic (exact) mass is 690 g/mol. The summed E-state index contributed by atoms with van der Waals surface area (Å²) in [5.74, 6) is -1.55. The van der Waals surface area contributed by atoms with Crippen LogP contribution in [0.3, 0.4) is 0 Å². The van der Waals surface area contributed by atoms with Gasteiger partial charge < -0.3 is 34.7 Å². The zero-order chi connectivity index (χ0) is 35.0. The Labute approximate surface area is 296 Å². The molecular formula is C41H42N2O8. The molecule has 2 saturated heterocycles. The van der Waals surface area contributed by atoms with Gasteiger partial charge in [-0.2, -0.15) is 0 Å². The summed E-state index contributed by atoms with van der Waals surface area (Å²) in [7, 11) is 0. The van der Waals surface area contributed by atoms with E-state index in [0.29, 0.717) is 47.7 Å². The number of carbonyl (C=O) groups excluding carboxylic acids is 3. The summed E-state index contributed by atoms with van der Waals surface area (Å²) in [5, 5.41) is 14.6. The molecule has 3 aliphatic carbocycles. The van der Waals surface area contributed by atoms with Crippen molar-refractivity contribution >= 4 is 23.9 Å². The number of esters is 1.